The molecule has 1 fully saturated rings. The third-order valence-electron chi connectivity index (χ3n) is 5.82. The number of benzene rings is 2. The SMILES string of the molecule is CCOC1CCC(CCc2cc(F)c(C(F)(F)Oc3ccc(C)c(F)c3)c(F)c2)CC1. The average molecular weight is 442 g/mol. The van der Waals surface area contributed by atoms with E-state index in [0.717, 1.165) is 56.4 Å². The van der Waals surface area contributed by atoms with E-state index < -0.39 is 34.9 Å². The van der Waals surface area contributed by atoms with Crippen molar-refractivity contribution in [3.63, 3.8) is 0 Å². The van der Waals surface area contributed by atoms with Crippen molar-refractivity contribution in [1.29, 1.82) is 0 Å². The second-order valence-corrected chi connectivity index (χ2v) is 8.10. The van der Waals surface area contributed by atoms with E-state index in [1.807, 2.05) is 6.92 Å². The number of rotatable bonds is 8. The second-order valence-electron chi connectivity index (χ2n) is 8.10. The first kappa shape index (κ1) is 23.5. The molecule has 0 N–H and O–H groups in total. The van der Waals surface area contributed by atoms with Gasteiger partial charge in [0.2, 0.25) is 0 Å². The van der Waals surface area contributed by atoms with Crippen molar-refractivity contribution in [2.24, 2.45) is 5.92 Å². The molecule has 0 saturated heterocycles. The summed E-state index contributed by atoms with van der Waals surface area (Å²) in [6.45, 7) is 4.11. The zero-order chi connectivity index (χ0) is 22.6. The fourth-order valence-electron chi connectivity index (χ4n) is 4.08. The normalized spacial score (nSPS) is 19.5. The molecule has 0 aromatic heterocycles. The molecule has 1 saturated carbocycles. The summed E-state index contributed by atoms with van der Waals surface area (Å²) in [4.78, 5) is 0. The molecule has 7 heteroatoms. The molecule has 1 aliphatic rings. The van der Waals surface area contributed by atoms with Gasteiger partial charge in [-0.05, 0) is 87.6 Å². The average Bonchev–Trinajstić information content (AvgIpc) is 2.69. The highest BCUT2D eigenvalue weighted by atomic mass is 19.3. The number of hydrogen-bond donors (Lipinski definition) is 0. The van der Waals surface area contributed by atoms with Gasteiger partial charge in [-0.25, -0.2) is 13.2 Å². The zero-order valence-corrected chi connectivity index (χ0v) is 17.7. The minimum atomic E-state index is -4.29. The Kier molecular flexibility index (Phi) is 7.57. The lowest BCUT2D eigenvalue weighted by Crippen LogP contribution is -2.25. The molecule has 0 unspecified atom stereocenters. The van der Waals surface area contributed by atoms with E-state index >= 15 is 0 Å². The number of aryl methyl sites for hydroxylation is 2. The van der Waals surface area contributed by atoms with Gasteiger partial charge in [0.05, 0.1) is 6.10 Å². The molecule has 0 radical (unpaired) electrons. The maximum absolute atomic E-state index is 14.5. The summed E-state index contributed by atoms with van der Waals surface area (Å²) in [5.74, 6) is -3.61. The smallest absolute Gasteiger partial charge is 0.429 e. The monoisotopic (exact) mass is 442 g/mol. The van der Waals surface area contributed by atoms with Gasteiger partial charge in [-0.15, -0.1) is 0 Å². The third-order valence-corrected chi connectivity index (χ3v) is 5.82. The number of ether oxygens (including phenoxy) is 2. The van der Waals surface area contributed by atoms with Crippen molar-refractivity contribution in [3.05, 3.63) is 64.5 Å². The van der Waals surface area contributed by atoms with Crippen LogP contribution in [0.2, 0.25) is 0 Å². The molecule has 31 heavy (non-hydrogen) atoms. The van der Waals surface area contributed by atoms with Gasteiger partial charge in [0.1, 0.15) is 28.8 Å². The molecular weight excluding hydrogens is 415 g/mol. The Labute approximate surface area is 179 Å². The molecule has 0 heterocycles. The van der Waals surface area contributed by atoms with Crippen molar-refractivity contribution in [1.82, 2.24) is 0 Å². The van der Waals surface area contributed by atoms with E-state index in [1.54, 1.807) is 0 Å². The van der Waals surface area contributed by atoms with Crippen LogP contribution in [0.1, 0.15) is 55.7 Å². The van der Waals surface area contributed by atoms with Crippen LogP contribution in [-0.2, 0) is 17.3 Å². The summed E-state index contributed by atoms with van der Waals surface area (Å²) in [5.41, 5.74) is -0.916. The minimum Gasteiger partial charge on any atom is -0.429 e. The van der Waals surface area contributed by atoms with E-state index in [0.29, 0.717) is 24.5 Å². The Morgan fingerprint density at radius 3 is 2.16 bits per heavy atom. The van der Waals surface area contributed by atoms with Gasteiger partial charge in [-0.3, -0.25) is 0 Å². The lowest BCUT2D eigenvalue weighted by atomic mass is 9.83. The van der Waals surface area contributed by atoms with Crippen molar-refractivity contribution in [2.75, 3.05) is 6.61 Å². The summed E-state index contributed by atoms with van der Waals surface area (Å²) in [7, 11) is 0. The van der Waals surface area contributed by atoms with Crippen molar-refractivity contribution < 1.29 is 31.4 Å². The minimum absolute atomic E-state index is 0.240. The molecule has 0 spiro atoms. The molecule has 1 aliphatic carbocycles. The van der Waals surface area contributed by atoms with Crippen LogP contribution < -0.4 is 4.74 Å². The van der Waals surface area contributed by atoms with E-state index in [-0.39, 0.29) is 11.7 Å². The van der Waals surface area contributed by atoms with Crippen molar-refractivity contribution >= 4 is 0 Å². The molecule has 2 aromatic rings. The van der Waals surface area contributed by atoms with Gasteiger partial charge < -0.3 is 9.47 Å². The third kappa shape index (κ3) is 5.97. The van der Waals surface area contributed by atoms with Gasteiger partial charge in [0, 0.05) is 12.7 Å². The van der Waals surface area contributed by atoms with Gasteiger partial charge in [-0.2, -0.15) is 8.78 Å². The zero-order valence-electron chi connectivity index (χ0n) is 17.7. The summed E-state index contributed by atoms with van der Waals surface area (Å²) in [6, 6.07) is 4.98. The highest BCUT2D eigenvalue weighted by Gasteiger charge is 2.41. The molecule has 0 amide bonds. The summed E-state index contributed by atoms with van der Waals surface area (Å²) in [5, 5.41) is 0. The number of hydrogen-bond acceptors (Lipinski definition) is 2. The molecule has 3 rings (SSSR count). The topological polar surface area (TPSA) is 18.5 Å². The highest BCUT2D eigenvalue weighted by Crippen LogP contribution is 2.36. The van der Waals surface area contributed by atoms with Crippen LogP contribution in [-0.4, -0.2) is 12.7 Å². The quantitative estimate of drug-likeness (QED) is 0.407. The van der Waals surface area contributed by atoms with Crippen LogP contribution in [0.25, 0.3) is 0 Å². The predicted molar refractivity (Wildman–Crippen MR) is 108 cm³/mol. The second kappa shape index (κ2) is 9.98. The number of alkyl halides is 2. The standard InChI is InChI=1S/C24H27F5O2/c1-3-30-18-10-7-16(8-11-18)5-6-17-12-21(26)23(22(27)13-17)24(28,29)31-19-9-4-15(2)20(25)14-19/h4,9,12-14,16,18H,3,5-8,10-11H2,1-2H3. The van der Waals surface area contributed by atoms with Crippen LogP contribution in [0.3, 0.4) is 0 Å². The Morgan fingerprint density at radius 1 is 0.935 bits per heavy atom. The maximum atomic E-state index is 14.5. The Hall–Kier alpha value is -2.15. The van der Waals surface area contributed by atoms with E-state index in [1.165, 1.54) is 13.0 Å². The largest absolute Gasteiger partial charge is 0.432 e. The lowest BCUT2D eigenvalue weighted by Gasteiger charge is -2.28. The van der Waals surface area contributed by atoms with Crippen molar-refractivity contribution in [2.45, 2.75) is 64.6 Å². The first-order valence-corrected chi connectivity index (χ1v) is 10.6. The summed E-state index contributed by atoms with van der Waals surface area (Å²) >= 11 is 0. The molecule has 170 valence electrons. The van der Waals surface area contributed by atoms with Crippen LogP contribution in [0.15, 0.2) is 30.3 Å². The van der Waals surface area contributed by atoms with E-state index in [2.05, 4.69) is 4.74 Å². The number of halogens is 5. The lowest BCUT2D eigenvalue weighted by molar-refractivity contribution is -0.189. The summed E-state index contributed by atoms with van der Waals surface area (Å²) < 4.78 is 81.5. The fraction of sp³-hybridized carbons (Fsp3) is 0.500. The Morgan fingerprint density at radius 2 is 1.58 bits per heavy atom. The van der Waals surface area contributed by atoms with Crippen LogP contribution in [0, 0.1) is 30.3 Å². The predicted octanol–water partition coefficient (Wildman–Crippen LogP) is 7.07. The van der Waals surface area contributed by atoms with Crippen LogP contribution >= 0.6 is 0 Å². The fourth-order valence-corrected chi connectivity index (χ4v) is 4.08. The van der Waals surface area contributed by atoms with Crippen LogP contribution in [0.4, 0.5) is 22.0 Å². The first-order valence-electron chi connectivity index (χ1n) is 10.6. The van der Waals surface area contributed by atoms with E-state index in [4.69, 9.17) is 4.74 Å². The molecule has 0 bridgehead atoms. The van der Waals surface area contributed by atoms with Crippen LogP contribution in [0.5, 0.6) is 5.75 Å². The van der Waals surface area contributed by atoms with E-state index in [9.17, 15) is 22.0 Å². The van der Waals surface area contributed by atoms with Gasteiger partial charge >= 0.3 is 6.11 Å². The van der Waals surface area contributed by atoms with Crippen molar-refractivity contribution in [3.8, 4) is 5.75 Å². The molecule has 0 atom stereocenters. The Balaban J connectivity index is 1.66. The van der Waals surface area contributed by atoms with Gasteiger partial charge in [-0.1, -0.05) is 6.07 Å². The Bertz CT molecular complexity index is 869. The first-order chi connectivity index (χ1) is 14.7. The summed E-state index contributed by atoms with van der Waals surface area (Å²) in [6.07, 6.45) is 0.998. The maximum Gasteiger partial charge on any atom is 0.432 e. The molecule has 0 aliphatic heterocycles. The molecule has 2 nitrogen and oxygen atoms in total. The molecule has 2 aromatic carbocycles. The van der Waals surface area contributed by atoms with Gasteiger partial charge in [0.25, 0.3) is 0 Å². The highest BCUT2D eigenvalue weighted by molar-refractivity contribution is 5.32. The molecular formula is C24H27F5O2. The van der Waals surface area contributed by atoms with Gasteiger partial charge in [0.15, 0.2) is 0 Å².